The van der Waals surface area contributed by atoms with Crippen molar-refractivity contribution >= 4 is 5.91 Å². The van der Waals surface area contributed by atoms with Crippen molar-refractivity contribution in [2.24, 2.45) is 0 Å². The van der Waals surface area contributed by atoms with Gasteiger partial charge in [-0.2, -0.15) is 0 Å². The third kappa shape index (κ3) is 5.04. The molecule has 34 heavy (non-hydrogen) atoms. The van der Waals surface area contributed by atoms with Crippen LogP contribution in [0.1, 0.15) is 55.2 Å². The van der Waals surface area contributed by atoms with Gasteiger partial charge in [-0.05, 0) is 43.2 Å². The van der Waals surface area contributed by atoms with Gasteiger partial charge in [0.2, 0.25) is 0 Å². The Labute approximate surface area is 201 Å². The van der Waals surface area contributed by atoms with Crippen molar-refractivity contribution in [3.8, 4) is 28.4 Å². The van der Waals surface area contributed by atoms with Crippen LogP contribution < -0.4 is 5.32 Å². The first-order valence-corrected chi connectivity index (χ1v) is 11.9. The number of carbonyl (C=O) groups excluding carboxylic acids is 1. The quantitative estimate of drug-likeness (QED) is 0.300. The van der Waals surface area contributed by atoms with E-state index in [0.29, 0.717) is 17.9 Å². The number of aromatic nitrogens is 2. The fourth-order valence-corrected chi connectivity index (χ4v) is 4.26. The number of phenolic OH excluding ortho intramolecular Hbond substituents is 1. The number of hydrogen-bond acceptors (Lipinski definition) is 3. The minimum absolute atomic E-state index is 0.0818. The van der Waals surface area contributed by atoms with Crippen LogP contribution in [0, 0.1) is 0 Å². The van der Waals surface area contributed by atoms with Crippen molar-refractivity contribution in [2.45, 2.75) is 45.7 Å². The van der Waals surface area contributed by atoms with Crippen molar-refractivity contribution in [3.05, 3.63) is 96.2 Å². The van der Waals surface area contributed by atoms with Crippen LogP contribution in [0.5, 0.6) is 5.75 Å². The van der Waals surface area contributed by atoms with E-state index < -0.39 is 0 Å². The maximum absolute atomic E-state index is 13.9. The third-order valence-electron chi connectivity index (χ3n) is 6.03. The first-order valence-electron chi connectivity index (χ1n) is 11.9. The molecule has 1 atom stereocenters. The standard InChI is InChI=1S/C29H31N3O2/c1-3-5-16-25(21-12-8-6-9-13-21)30-29(34)27-26(22-17-19-24(33)20-18-22)31-28(32(27)4-2)23-14-10-7-11-15-23/h6-15,17-20,25,33H,3-5,16H2,1-2H3,(H,30,34). The first-order chi connectivity index (χ1) is 16.6. The highest BCUT2D eigenvalue weighted by Gasteiger charge is 2.26. The van der Waals surface area contributed by atoms with Gasteiger partial charge in [0.1, 0.15) is 23.0 Å². The summed E-state index contributed by atoms with van der Waals surface area (Å²) in [4.78, 5) is 18.8. The minimum atomic E-state index is -0.149. The topological polar surface area (TPSA) is 67.2 Å². The van der Waals surface area contributed by atoms with Crippen LogP contribution in [0.3, 0.4) is 0 Å². The van der Waals surface area contributed by atoms with Gasteiger partial charge in [0.25, 0.3) is 5.91 Å². The molecule has 3 aromatic carbocycles. The summed E-state index contributed by atoms with van der Waals surface area (Å²) in [6, 6.07) is 26.8. The van der Waals surface area contributed by atoms with Gasteiger partial charge in [-0.15, -0.1) is 0 Å². The molecule has 1 amide bonds. The van der Waals surface area contributed by atoms with Crippen molar-refractivity contribution in [1.82, 2.24) is 14.9 Å². The van der Waals surface area contributed by atoms with E-state index in [1.807, 2.05) is 60.0 Å². The number of hydrogen-bond donors (Lipinski definition) is 2. The summed E-state index contributed by atoms with van der Waals surface area (Å²) in [6.07, 6.45) is 2.95. The van der Waals surface area contributed by atoms with Crippen molar-refractivity contribution in [3.63, 3.8) is 0 Å². The molecule has 0 fully saturated rings. The van der Waals surface area contributed by atoms with E-state index in [-0.39, 0.29) is 17.7 Å². The predicted octanol–water partition coefficient (Wildman–Crippen LogP) is 6.60. The van der Waals surface area contributed by atoms with Gasteiger partial charge in [-0.25, -0.2) is 4.98 Å². The van der Waals surface area contributed by atoms with Gasteiger partial charge >= 0.3 is 0 Å². The van der Waals surface area contributed by atoms with E-state index in [1.165, 1.54) is 0 Å². The lowest BCUT2D eigenvalue weighted by molar-refractivity contribution is 0.0925. The zero-order valence-corrected chi connectivity index (χ0v) is 19.7. The Morgan fingerprint density at radius 1 is 0.912 bits per heavy atom. The molecule has 1 unspecified atom stereocenters. The van der Waals surface area contributed by atoms with E-state index in [1.54, 1.807) is 24.3 Å². The Balaban J connectivity index is 1.80. The number of nitrogens with zero attached hydrogens (tertiary/aromatic N) is 2. The molecule has 0 radical (unpaired) electrons. The lowest BCUT2D eigenvalue weighted by Gasteiger charge is -2.20. The van der Waals surface area contributed by atoms with E-state index in [0.717, 1.165) is 41.8 Å². The van der Waals surface area contributed by atoms with Crippen LogP contribution in [0.4, 0.5) is 0 Å². The second-order valence-corrected chi connectivity index (χ2v) is 8.37. The average molecular weight is 454 g/mol. The Kier molecular flexibility index (Phi) is 7.43. The van der Waals surface area contributed by atoms with Gasteiger partial charge < -0.3 is 15.0 Å². The van der Waals surface area contributed by atoms with Crippen LogP contribution in [0.15, 0.2) is 84.9 Å². The highest BCUT2D eigenvalue weighted by atomic mass is 16.3. The van der Waals surface area contributed by atoms with Crippen LogP contribution in [0.2, 0.25) is 0 Å². The van der Waals surface area contributed by atoms with Crippen LogP contribution >= 0.6 is 0 Å². The number of nitrogens with one attached hydrogen (secondary N) is 1. The van der Waals surface area contributed by atoms with Gasteiger partial charge in [-0.3, -0.25) is 4.79 Å². The van der Waals surface area contributed by atoms with Crippen molar-refractivity contribution < 1.29 is 9.90 Å². The third-order valence-corrected chi connectivity index (χ3v) is 6.03. The zero-order valence-electron chi connectivity index (χ0n) is 19.7. The zero-order chi connectivity index (χ0) is 23.9. The molecular weight excluding hydrogens is 422 g/mol. The SMILES string of the molecule is CCCCC(NC(=O)c1c(-c2ccc(O)cc2)nc(-c2ccccc2)n1CC)c1ccccc1. The summed E-state index contributed by atoms with van der Waals surface area (Å²) >= 11 is 0. The summed E-state index contributed by atoms with van der Waals surface area (Å²) < 4.78 is 1.98. The number of phenols is 1. The minimum Gasteiger partial charge on any atom is -0.508 e. The molecule has 0 saturated heterocycles. The molecule has 0 aliphatic rings. The monoisotopic (exact) mass is 453 g/mol. The fraction of sp³-hybridized carbons (Fsp3) is 0.241. The molecule has 5 heteroatoms. The number of amides is 1. The molecule has 1 heterocycles. The normalized spacial score (nSPS) is 11.8. The lowest BCUT2D eigenvalue weighted by Crippen LogP contribution is -2.31. The molecule has 0 aliphatic carbocycles. The number of aromatic hydroxyl groups is 1. The largest absolute Gasteiger partial charge is 0.508 e. The predicted molar refractivity (Wildman–Crippen MR) is 137 cm³/mol. The summed E-state index contributed by atoms with van der Waals surface area (Å²) in [6.45, 7) is 4.78. The average Bonchev–Trinajstić information content (AvgIpc) is 3.28. The van der Waals surface area contributed by atoms with Gasteiger partial charge in [0, 0.05) is 17.7 Å². The Hall–Kier alpha value is -3.86. The first kappa shape index (κ1) is 23.3. The maximum Gasteiger partial charge on any atom is 0.270 e. The second kappa shape index (κ2) is 10.8. The second-order valence-electron chi connectivity index (χ2n) is 8.37. The Bertz CT molecular complexity index is 1220. The molecule has 174 valence electrons. The van der Waals surface area contributed by atoms with Crippen LogP contribution in [-0.4, -0.2) is 20.6 Å². The van der Waals surface area contributed by atoms with Crippen LogP contribution in [-0.2, 0) is 6.54 Å². The lowest BCUT2D eigenvalue weighted by atomic mass is 10.0. The smallest absolute Gasteiger partial charge is 0.270 e. The highest BCUT2D eigenvalue weighted by Crippen LogP contribution is 2.31. The van der Waals surface area contributed by atoms with E-state index in [4.69, 9.17) is 4.98 Å². The number of benzene rings is 3. The molecule has 4 aromatic rings. The highest BCUT2D eigenvalue weighted by molar-refractivity contribution is 5.99. The Morgan fingerprint density at radius 3 is 2.18 bits per heavy atom. The molecule has 0 saturated carbocycles. The van der Waals surface area contributed by atoms with Crippen molar-refractivity contribution in [2.75, 3.05) is 0 Å². The molecule has 2 N–H and O–H groups in total. The molecule has 0 aliphatic heterocycles. The molecule has 0 bridgehead atoms. The summed E-state index contributed by atoms with van der Waals surface area (Å²) in [7, 11) is 0. The number of carbonyl (C=O) groups is 1. The van der Waals surface area contributed by atoms with Crippen LogP contribution in [0.25, 0.3) is 22.6 Å². The van der Waals surface area contributed by atoms with E-state index in [9.17, 15) is 9.90 Å². The Morgan fingerprint density at radius 2 is 1.56 bits per heavy atom. The molecule has 4 rings (SSSR count). The fourth-order valence-electron chi connectivity index (χ4n) is 4.26. The number of rotatable bonds is 9. The summed E-state index contributed by atoms with van der Waals surface area (Å²) in [5, 5.41) is 13.1. The van der Waals surface area contributed by atoms with Gasteiger partial charge in [0.05, 0.1) is 6.04 Å². The number of imidazole rings is 1. The van der Waals surface area contributed by atoms with E-state index in [2.05, 4.69) is 24.4 Å². The molecule has 0 spiro atoms. The maximum atomic E-state index is 13.9. The van der Waals surface area contributed by atoms with E-state index >= 15 is 0 Å². The summed E-state index contributed by atoms with van der Waals surface area (Å²) in [5.74, 6) is 0.780. The summed E-state index contributed by atoms with van der Waals surface area (Å²) in [5.41, 5.74) is 3.98. The molecule has 1 aromatic heterocycles. The molecule has 5 nitrogen and oxygen atoms in total. The number of unbranched alkanes of at least 4 members (excludes halogenated alkanes) is 1. The molecular formula is C29H31N3O2. The van der Waals surface area contributed by atoms with Gasteiger partial charge in [-0.1, -0.05) is 80.4 Å². The van der Waals surface area contributed by atoms with Gasteiger partial charge in [0.15, 0.2) is 0 Å². The van der Waals surface area contributed by atoms with Crippen molar-refractivity contribution in [1.29, 1.82) is 0 Å².